The Kier molecular flexibility index (Phi) is 5.09. The molecule has 0 amide bonds. The predicted octanol–water partition coefficient (Wildman–Crippen LogP) is 5.73. The molecule has 0 saturated carbocycles. The first-order valence-corrected chi connectivity index (χ1v) is 8.88. The third-order valence-electron chi connectivity index (χ3n) is 5.26. The Bertz CT molecular complexity index is 466. The zero-order valence-electron chi connectivity index (χ0n) is 15.0. The van der Waals surface area contributed by atoms with Gasteiger partial charge in [0.2, 0.25) is 0 Å². The van der Waals surface area contributed by atoms with Crippen LogP contribution < -0.4 is 0 Å². The van der Waals surface area contributed by atoms with Crippen LogP contribution in [0.25, 0.3) is 0 Å². The van der Waals surface area contributed by atoms with Crippen molar-refractivity contribution in [1.29, 1.82) is 0 Å². The van der Waals surface area contributed by atoms with Crippen molar-refractivity contribution in [1.82, 2.24) is 4.90 Å². The van der Waals surface area contributed by atoms with Gasteiger partial charge >= 0.3 is 0 Å². The molecule has 1 unspecified atom stereocenters. The molecule has 1 fully saturated rings. The van der Waals surface area contributed by atoms with Crippen molar-refractivity contribution in [2.75, 3.05) is 0 Å². The topological polar surface area (TPSA) is 23.5 Å². The van der Waals surface area contributed by atoms with Crippen molar-refractivity contribution in [3.63, 3.8) is 0 Å². The van der Waals surface area contributed by atoms with Crippen molar-refractivity contribution < 1.29 is 5.11 Å². The maximum absolute atomic E-state index is 11.2. The number of rotatable bonds is 4. The van der Waals surface area contributed by atoms with Crippen LogP contribution in [0, 0.1) is 5.92 Å². The van der Waals surface area contributed by atoms with E-state index in [0.29, 0.717) is 11.8 Å². The number of unbranched alkanes of at least 4 members (excludes halogenated alkanes) is 1. The molecule has 1 aliphatic carbocycles. The zero-order valence-corrected chi connectivity index (χ0v) is 15.0. The minimum absolute atomic E-state index is 0.00312. The molecule has 2 aliphatic rings. The van der Waals surface area contributed by atoms with Crippen LogP contribution >= 0.6 is 0 Å². The molecule has 1 aliphatic heterocycles. The highest BCUT2D eigenvalue weighted by atomic mass is 16.3. The summed E-state index contributed by atoms with van der Waals surface area (Å²) >= 11 is 0. The van der Waals surface area contributed by atoms with Crippen LogP contribution in [0.15, 0.2) is 35.8 Å². The minimum Gasteiger partial charge on any atom is -0.494 e. The summed E-state index contributed by atoms with van der Waals surface area (Å²) in [6.07, 6.45) is 15.5. The first-order valence-electron chi connectivity index (χ1n) is 8.88. The fraction of sp³-hybridized carbons (Fsp3) is 0.700. The van der Waals surface area contributed by atoms with Gasteiger partial charge in [-0.3, -0.25) is 0 Å². The van der Waals surface area contributed by atoms with Gasteiger partial charge < -0.3 is 10.0 Å². The molecule has 1 heterocycles. The van der Waals surface area contributed by atoms with E-state index in [9.17, 15) is 5.11 Å². The molecule has 2 heteroatoms. The van der Waals surface area contributed by atoms with Gasteiger partial charge in [0.1, 0.15) is 0 Å². The van der Waals surface area contributed by atoms with Crippen LogP contribution in [-0.4, -0.2) is 21.1 Å². The average molecular weight is 303 g/mol. The second-order valence-electron chi connectivity index (χ2n) is 8.09. The fourth-order valence-corrected chi connectivity index (χ4v) is 4.20. The van der Waals surface area contributed by atoms with E-state index in [1.165, 1.54) is 19.3 Å². The van der Waals surface area contributed by atoms with Crippen LogP contribution in [0.1, 0.15) is 73.1 Å². The van der Waals surface area contributed by atoms with E-state index in [4.69, 9.17) is 0 Å². The Morgan fingerprint density at radius 3 is 2.41 bits per heavy atom. The number of piperidine rings is 1. The Morgan fingerprint density at radius 2 is 1.82 bits per heavy atom. The summed E-state index contributed by atoms with van der Waals surface area (Å²) in [5, 5.41) is 11.2. The smallest absolute Gasteiger partial charge is 0.191 e. The first-order chi connectivity index (χ1) is 10.3. The molecule has 1 saturated heterocycles. The standard InChI is InChI=1S/C20H33NO/c1-6-7-11-16-12-8-9-13-17(16)18(22)21-19(2,3)14-10-15-20(21,4)5/h8-9,12-13,16,22H,6-7,10-11,14-15H2,1-5H3/b18-17-. The summed E-state index contributed by atoms with van der Waals surface area (Å²) < 4.78 is 0. The number of likely N-dealkylation sites (tertiary alicyclic amines) is 1. The lowest BCUT2D eigenvalue weighted by atomic mass is 9.79. The minimum atomic E-state index is 0.00312. The summed E-state index contributed by atoms with van der Waals surface area (Å²) in [6, 6.07) is 0. The molecule has 22 heavy (non-hydrogen) atoms. The van der Waals surface area contributed by atoms with Crippen LogP contribution in [-0.2, 0) is 0 Å². The quantitative estimate of drug-likeness (QED) is 0.670. The average Bonchev–Trinajstić information content (AvgIpc) is 2.43. The SMILES string of the molecule is CCCCC1C=CC=C/C1=C(/O)N1C(C)(C)CCCC1(C)C. The van der Waals surface area contributed by atoms with E-state index in [1.54, 1.807) is 0 Å². The summed E-state index contributed by atoms with van der Waals surface area (Å²) in [6.45, 7) is 11.3. The lowest BCUT2D eigenvalue weighted by molar-refractivity contribution is -0.0342. The van der Waals surface area contributed by atoms with Crippen molar-refractivity contribution >= 4 is 0 Å². The van der Waals surface area contributed by atoms with Crippen LogP contribution in [0.5, 0.6) is 0 Å². The maximum atomic E-state index is 11.2. The Labute approximate surface area is 136 Å². The van der Waals surface area contributed by atoms with E-state index in [0.717, 1.165) is 24.8 Å². The Hall–Kier alpha value is -1.18. The van der Waals surface area contributed by atoms with E-state index in [2.05, 4.69) is 63.8 Å². The van der Waals surface area contributed by atoms with Crippen LogP contribution in [0.3, 0.4) is 0 Å². The summed E-state index contributed by atoms with van der Waals surface area (Å²) in [5.74, 6) is 0.842. The molecule has 0 aromatic rings. The van der Waals surface area contributed by atoms with Crippen molar-refractivity contribution in [3.05, 3.63) is 35.8 Å². The highest BCUT2D eigenvalue weighted by molar-refractivity contribution is 5.35. The molecule has 124 valence electrons. The molecule has 2 rings (SSSR count). The van der Waals surface area contributed by atoms with E-state index in [-0.39, 0.29) is 11.1 Å². The molecule has 0 radical (unpaired) electrons. The van der Waals surface area contributed by atoms with Crippen molar-refractivity contribution in [2.24, 2.45) is 5.92 Å². The van der Waals surface area contributed by atoms with Gasteiger partial charge in [0.05, 0.1) is 0 Å². The zero-order chi connectivity index (χ0) is 16.4. The first kappa shape index (κ1) is 17.2. The van der Waals surface area contributed by atoms with Crippen LogP contribution in [0.4, 0.5) is 0 Å². The lowest BCUT2D eigenvalue weighted by Crippen LogP contribution is -2.58. The van der Waals surface area contributed by atoms with E-state index < -0.39 is 0 Å². The number of hydrogen-bond acceptors (Lipinski definition) is 2. The van der Waals surface area contributed by atoms with Crippen LogP contribution in [0.2, 0.25) is 0 Å². The van der Waals surface area contributed by atoms with Gasteiger partial charge in [-0.05, 0) is 53.4 Å². The molecule has 1 atom stereocenters. The van der Waals surface area contributed by atoms with E-state index in [1.807, 2.05) is 0 Å². The molecule has 0 bridgehead atoms. The molecular weight excluding hydrogens is 270 g/mol. The van der Waals surface area contributed by atoms with Crippen molar-refractivity contribution in [3.8, 4) is 0 Å². The summed E-state index contributed by atoms with van der Waals surface area (Å²) in [7, 11) is 0. The highest BCUT2D eigenvalue weighted by Crippen LogP contribution is 2.42. The molecule has 1 N–H and O–H groups in total. The highest BCUT2D eigenvalue weighted by Gasteiger charge is 2.43. The van der Waals surface area contributed by atoms with Gasteiger partial charge in [-0.15, -0.1) is 0 Å². The normalized spacial score (nSPS) is 28.8. The van der Waals surface area contributed by atoms with Crippen molar-refractivity contribution in [2.45, 2.75) is 84.2 Å². The van der Waals surface area contributed by atoms with Gasteiger partial charge in [-0.2, -0.15) is 0 Å². The second kappa shape index (κ2) is 6.52. The number of allylic oxidation sites excluding steroid dienone is 5. The maximum Gasteiger partial charge on any atom is 0.191 e. The largest absolute Gasteiger partial charge is 0.494 e. The van der Waals surface area contributed by atoms with Gasteiger partial charge in [0.25, 0.3) is 0 Å². The third-order valence-corrected chi connectivity index (χ3v) is 5.26. The number of nitrogens with zero attached hydrogens (tertiary/aromatic N) is 1. The molecule has 0 aromatic heterocycles. The summed E-state index contributed by atoms with van der Waals surface area (Å²) in [5.41, 5.74) is 1.10. The lowest BCUT2D eigenvalue weighted by Gasteiger charge is -2.54. The Morgan fingerprint density at radius 1 is 1.18 bits per heavy atom. The Balaban J connectivity index is 2.38. The monoisotopic (exact) mass is 303 g/mol. The second-order valence-corrected chi connectivity index (χ2v) is 8.09. The fourth-order valence-electron chi connectivity index (χ4n) is 4.20. The summed E-state index contributed by atoms with van der Waals surface area (Å²) in [4.78, 5) is 2.28. The van der Waals surface area contributed by atoms with Gasteiger partial charge in [-0.1, -0.05) is 44.1 Å². The third kappa shape index (κ3) is 3.42. The van der Waals surface area contributed by atoms with Gasteiger partial charge in [0, 0.05) is 22.6 Å². The number of aliphatic hydroxyl groups excluding tert-OH is 1. The molecule has 0 aromatic carbocycles. The number of hydrogen-bond donors (Lipinski definition) is 1. The molecule has 0 spiro atoms. The van der Waals surface area contributed by atoms with E-state index >= 15 is 0 Å². The number of aliphatic hydroxyl groups is 1. The van der Waals surface area contributed by atoms with Gasteiger partial charge in [-0.25, -0.2) is 0 Å². The molecule has 2 nitrogen and oxygen atoms in total. The predicted molar refractivity (Wildman–Crippen MR) is 94.8 cm³/mol. The molecular formula is C20H33NO. The van der Waals surface area contributed by atoms with Gasteiger partial charge in [0.15, 0.2) is 5.88 Å².